The Bertz CT molecular complexity index is 584. The first kappa shape index (κ1) is 18.3. The lowest BCUT2D eigenvalue weighted by Crippen LogP contribution is -2.51. The molecule has 1 amide bonds. The first-order valence-electron chi connectivity index (χ1n) is 8.85. The Morgan fingerprint density at radius 1 is 1.46 bits per heavy atom. The zero-order valence-corrected chi connectivity index (χ0v) is 15.3. The van der Waals surface area contributed by atoms with Crippen molar-refractivity contribution in [3.63, 3.8) is 0 Å². The minimum atomic E-state index is 0.225. The van der Waals surface area contributed by atoms with Gasteiger partial charge in [-0.1, -0.05) is 36.8 Å². The van der Waals surface area contributed by atoms with Gasteiger partial charge in [-0.2, -0.15) is 0 Å². The van der Waals surface area contributed by atoms with Gasteiger partial charge in [-0.05, 0) is 25.8 Å². The molecule has 0 aliphatic carbocycles. The molecule has 1 aliphatic rings. The fourth-order valence-corrected chi connectivity index (χ4v) is 2.95. The number of nitrogens with zero attached hydrogens (tertiary/aromatic N) is 2. The summed E-state index contributed by atoms with van der Waals surface area (Å²) in [5, 5.41) is 6.78. The first-order chi connectivity index (χ1) is 11.5. The van der Waals surface area contributed by atoms with Crippen LogP contribution in [-0.2, 0) is 4.79 Å². The zero-order chi connectivity index (χ0) is 17.5. The normalized spacial score (nSPS) is 20.0. The maximum absolute atomic E-state index is 11.6. The number of guanidine groups is 1. The molecule has 1 aliphatic heterocycles. The van der Waals surface area contributed by atoms with E-state index < -0.39 is 0 Å². The van der Waals surface area contributed by atoms with Crippen molar-refractivity contribution >= 4 is 11.9 Å². The van der Waals surface area contributed by atoms with Gasteiger partial charge in [-0.3, -0.25) is 9.79 Å². The Kier molecular flexibility index (Phi) is 6.64. The number of hydrogen-bond acceptors (Lipinski definition) is 2. The standard InChI is InChI=1S/C19H30N4O/c1-5-20-19(22-17-9-10-18(24)23(4)13-17)21-12-15(3)16-8-6-7-14(2)11-16/h6-8,11,15,17H,5,9-10,12-13H2,1-4H3,(H2,20,21,22). The maximum Gasteiger partial charge on any atom is 0.222 e. The molecule has 0 bridgehead atoms. The summed E-state index contributed by atoms with van der Waals surface area (Å²) in [7, 11) is 1.86. The van der Waals surface area contributed by atoms with Gasteiger partial charge >= 0.3 is 0 Å². The summed E-state index contributed by atoms with van der Waals surface area (Å²) in [6.07, 6.45) is 1.47. The van der Waals surface area contributed by atoms with Crippen molar-refractivity contribution in [3.05, 3.63) is 35.4 Å². The molecule has 0 radical (unpaired) electrons. The van der Waals surface area contributed by atoms with Gasteiger partial charge in [-0.15, -0.1) is 0 Å². The van der Waals surface area contributed by atoms with Crippen LogP contribution in [0.3, 0.4) is 0 Å². The number of likely N-dealkylation sites (tertiary alicyclic amines) is 1. The van der Waals surface area contributed by atoms with Crippen LogP contribution in [0.4, 0.5) is 0 Å². The average Bonchev–Trinajstić information content (AvgIpc) is 2.56. The molecule has 5 nitrogen and oxygen atoms in total. The number of nitrogens with one attached hydrogen (secondary N) is 2. The van der Waals surface area contributed by atoms with Crippen LogP contribution in [0.2, 0.25) is 0 Å². The third-order valence-corrected chi connectivity index (χ3v) is 4.45. The van der Waals surface area contributed by atoms with Crippen LogP contribution in [0.15, 0.2) is 29.3 Å². The molecule has 2 atom stereocenters. The molecule has 1 aromatic rings. The van der Waals surface area contributed by atoms with Crippen LogP contribution >= 0.6 is 0 Å². The molecular formula is C19H30N4O. The van der Waals surface area contributed by atoms with Gasteiger partial charge in [0.2, 0.25) is 5.91 Å². The van der Waals surface area contributed by atoms with Crippen molar-refractivity contribution in [2.75, 3.05) is 26.7 Å². The van der Waals surface area contributed by atoms with Gasteiger partial charge in [0.25, 0.3) is 0 Å². The van der Waals surface area contributed by atoms with Gasteiger partial charge in [-0.25, -0.2) is 0 Å². The number of aryl methyl sites for hydroxylation is 1. The highest BCUT2D eigenvalue weighted by Gasteiger charge is 2.23. The number of piperidine rings is 1. The topological polar surface area (TPSA) is 56.7 Å². The molecule has 1 heterocycles. The van der Waals surface area contributed by atoms with Crippen LogP contribution in [0.25, 0.3) is 0 Å². The van der Waals surface area contributed by atoms with Gasteiger partial charge in [0, 0.05) is 45.1 Å². The van der Waals surface area contributed by atoms with Crippen molar-refractivity contribution in [2.45, 2.75) is 45.6 Å². The lowest BCUT2D eigenvalue weighted by Gasteiger charge is -2.31. The van der Waals surface area contributed by atoms with E-state index in [0.717, 1.165) is 32.0 Å². The van der Waals surface area contributed by atoms with Gasteiger partial charge in [0.05, 0.1) is 0 Å². The fourth-order valence-electron chi connectivity index (χ4n) is 2.95. The number of likely N-dealkylation sites (N-methyl/N-ethyl adjacent to an activating group) is 1. The number of amides is 1. The highest BCUT2D eigenvalue weighted by molar-refractivity contribution is 5.81. The van der Waals surface area contributed by atoms with E-state index in [1.54, 1.807) is 4.90 Å². The first-order valence-corrected chi connectivity index (χ1v) is 8.85. The second-order valence-electron chi connectivity index (χ2n) is 6.69. The lowest BCUT2D eigenvalue weighted by molar-refractivity contribution is -0.132. The van der Waals surface area contributed by atoms with Crippen LogP contribution in [0.5, 0.6) is 0 Å². The molecule has 0 spiro atoms. The Morgan fingerprint density at radius 3 is 2.92 bits per heavy atom. The third-order valence-electron chi connectivity index (χ3n) is 4.45. The Balaban J connectivity index is 1.96. The summed E-state index contributed by atoms with van der Waals surface area (Å²) in [5.41, 5.74) is 2.60. The van der Waals surface area contributed by atoms with Crippen molar-refractivity contribution in [1.29, 1.82) is 0 Å². The predicted molar refractivity (Wildman–Crippen MR) is 99.4 cm³/mol. The number of carbonyl (C=O) groups excluding carboxylic acids is 1. The second-order valence-corrected chi connectivity index (χ2v) is 6.69. The number of rotatable bonds is 5. The molecule has 2 unspecified atom stereocenters. The third kappa shape index (κ3) is 5.25. The van der Waals surface area contributed by atoms with E-state index in [2.05, 4.69) is 55.7 Å². The van der Waals surface area contributed by atoms with E-state index in [1.165, 1.54) is 11.1 Å². The number of carbonyl (C=O) groups is 1. The van der Waals surface area contributed by atoms with Crippen LogP contribution in [0.1, 0.15) is 43.7 Å². The maximum atomic E-state index is 11.6. The summed E-state index contributed by atoms with van der Waals surface area (Å²) >= 11 is 0. The van der Waals surface area contributed by atoms with Gasteiger partial charge < -0.3 is 15.5 Å². The molecule has 1 aromatic carbocycles. The molecule has 5 heteroatoms. The highest BCUT2D eigenvalue weighted by atomic mass is 16.2. The van der Waals surface area contributed by atoms with E-state index in [0.29, 0.717) is 12.3 Å². The zero-order valence-electron chi connectivity index (χ0n) is 15.3. The molecular weight excluding hydrogens is 300 g/mol. The molecule has 132 valence electrons. The molecule has 2 rings (SSSR count). The minimum Gasteiger partial charge on any atom is -0.357 e. The minimum absolute atomic E-state index is 0.225. The summed E-state index contributed by atoms with van der Waals surface area (Å²) in [6, 6.07) is 8.87. The molecule has 2 N–H and O–H groups in total. The van der Waals surface area contributed by atoms with Crippen molar-refractivity contribution in [3.8, 4) is 0 Å². The molecule has 0 saturated carbocycles. The summed E-state index contributed by atoms with van der Waals surface area (Å²) in [6.45, 7) is 8.68. The van der Waals surface area contributed by atoms with E-state index in [9.17, 15) is 4.79 Å². The Labute approximate surface area is 145 Å². The summed E-state index contributed by atoms with van der Waals surface area (Å²) < 4.78 is 0. The predicted octanol–water partition coefficient (Wildman–Crippen LogP) is 2.27. The van der Waals surface area contributed by atoms with Crippen LogP contribution < -0.4 is 10.6 Å². The number of aliphatic imine (C=N–C) groups is 1. The van der Waals surface area contributed by atoms with Gasteiger partial charge in [0.15, 0.2) is 5.96 Å². The quantitative estimate of drug-likeness (QED) is 0.643. The number of benzene rings is 1. The lowest BCUT2D eigenvalue weighted by atomic mass is 10.00. The summed E-state index contributed by atoms with van der Waals surface area (Å²) in [4.78, 5) is 18.1. The monoisotopic (exact) mass is 330 g/mol. The van der Waals surface area contributed by atoms with Crippen molar-refractivity contribution < 1.29 is 4.79 Å². The molecule has 24 heavy (non-hydrogen) atoms. The van der Waals surface area contributed by atoms with E-state index >= 15 is 0 Å². The Hall–Kier alpha value is -2.04. The van der Waals surface area contributed by atoms with Crippen LogP contribution in [-0.4, -0.2) is 49.5 Å². The van der Waals surface area contributed by atoms with Crippen molar-refractivity contribution in [1.82, 2.24) is 15.5 Å². The van der Waals surface area contributed by atoms with E-state index in [1.807, 2.05) is 7.05 Å². The number of hydrogen-bond donors (Lipinski definition) is 2. The summed E-state index contributed by atoms with van der Waals surface area (Å²) in [5.74, 6) is 1.43. The molecule has 0 aromatic heterocycles. The Morgan fingerprint density at radius 2 is 2.25 bits per heavy atom. The second kappa shape index (κ2) is 8.71. The smallest absolute Gasteiger partial charge is 0.222 e. The fraction of sp³-hybridized carbons (Fsp3) is 0.579. The van der Waals surface area contributed by atoms with Crippen LogP contribution in [0, 0.1) is 6.92 Å². The highest BCUT2D eigenvalue weighted by Crippen LogP contribution is 2.16. The largest absolute Gasteiger partial charge is 0.357 e. The molecule has 1 fully saturated rings. The van der Waals surface area contributed by atoms with Gasteiger partial charge in [0.1, 0.15) is 0 Å². The van der Waals surface area contributed by atoms with E-state index in [-0.39, 0.29) is 11.9 Å². The van der Waals surface area contributed by atoms with E-state index in [4.69, 9.17) is 4.99 Å². The van der Waals surface area contributed by atoms with Crippen molar-refractivity contribution in [2.24, 2.45) is 4.99 Å². The SMILES string of the molecule is CCNC(=NCC(C)c1cccc(C)c1)NC1CCC(=O)N(C)C1. The average molecular weight is 330 g/mol. The molecule has 1 saturated heterocycles.